The van der Waals surface area contributed by atoms with Crippen molar-refractivity contribution in [2.75, 3.05) is 0 Å². The molecule has 2 nitrogen and oxygen atoms in total. The molecule has 0 aliphatic carbocycles. The monoisotopic (exact) mass is 188 g/mol. The Bertz CT molecular complexity index is 441. The highest BCUT2D eigenvalue weighted by Crippen LogP contribution is 2.21. The van der Waals surface area contributed by atoms with Crippen molar-refractivity contribution in [3.8, 4) is 0 Å². The fourth-order valence-corrected chi connectivity index (χ4v) is 1.68. The van der Waals surface area contributed by atoms with Crippen LogP contribution < -0.4 is 5.73 Å². The molecule has 0 aliphatic rings. The summed E-state index contributed by atoms with van der Waals surface area (Å²) in [5, 5.41) is 1.26. The summed E-state index contributed by atoms with van der Waals surface area (Å²) < 4.78 is 0. The highest BCUT2D eigenvalue weighted by atomic mass is 14.7. The maximum atomic E-state index is 5.58. The number of H-pyrrole nitrogens is 1. The normalized spacial score (nSPS) is 11.4. The molecule has 0 spiro atoms. The number of nitrogens with two attached hydrogens (primary N) is 1. The molecule has 1 aromatic heterocycles. The molecule has 0 radical (unpaired) electrons. The second-order valence-electron chi connectivity index (χ2n) is 4.00. The smallest absolute Gasteiger partial charge is 0.0456 e. The van der Waals surface area contributed by atoms with Crippen LogP contribution in [0.5, 0.6) is 0 Å². The average molecular weight is 188 g/mol. The van der Waals surface area contributed by atoms with Crippen LogP contribution in [0.2, 0.25) is 0 Å². The van der Waals surface area contributed by atoms with Gasteiger partial charge in [-0.25, -0.2) is 0 Å². The van der Waals surface area contributed by atoms with Gasteiger partial charge in [0, 0.05) is 17.8 Å². The van der Waals surface area contributed by atoms with E-state index in [1.165, 1.54) is 16.5 Å². The van der Waals surface area contributed by atoms with Crippen LogP contribution in [0, 0.1) is 0 Å². The molecule has 14 heavy (non-hydrogen) atoms. The van der Waals surface area contributed by atoms with E-state index in [4.69, 9.17) is 5.73 Å². The van der Waals surface area contributed by atoms with Gasteiger partial charge in [-0.3, -0.25) is 0 Å². The molecule has 0 fully saturated rings. The molecule has 1 heterocycles. The lowest BCUT2D eigenvalue weighted by molar-refractivity contribution is 0.869. The fourth-order valence-electron chi connectivity index (χ4n) is 1.68. The highest BCUT2D eigenvalue weighted by molar-refractivity contribution is 5.81. The Kier molecular flexibility index (Phi) is 2.30. The summed E-state index contributed by atoms with van der Waals surface area (Å²) >= 11 is 0. The van der Waals surface area contributed by atoms with Gasteiger partial charge in [0.2, 0.25) is 0 Å². The quantitative estimate of drug-likeness (QED) is 0.747. The first-order valence-corrected chi connectivity index (χ1v) is 5.02. The first kappa shape index (κ1) is 9.28. The molecule has 0 unspecified atom stereocenters. The van der Waals surface area contributed by atoms with Crippen LogP contribution in [-0.4, -0.2) is 4.98 Å². The molecule has 74 valence electrons. The Labute approximate surface area is 84.1 Å². The predicted molar refractivity (Wildman–Crippen MR) is 60.3 cm³/mol. The van der Waals surface area contributed by atoms with Crippen molar-refractivity contribution in [2.24, 2.45) is 5.73 Å². The van der Waals surface area contributed by atoms with Crippen molar-refractivity contribution in [1.29, 1.82) is 0 Å². The Balaban J connectivity index is 2.54. The third-order valence-corrected chi connectivity index (χ3v) is 2.59. The number of aromatic nitrogens is 1. The second-order valence-corrected chi connectivity index (χ2v) is 4.00. The Morgan fingerprint density at radius 3 is 2.71 bits per heavy atom. The van der Waals surface area contributed by atoms with E-state index in [0.717, 1.165) is 5.69 Å². The maximum absolute atomic E-state index is 5.58. The SMILES string of the molecule is CC(C)c1ccc2[nH]c(CN)cc2c1. The van der Waals surface area contributed by atoms with Gasteiger partial charge >= 0.3 is 0 Å². The highest BCUT2D eigenvalue weighted by Gasteiger charge is 2.02. The second kappa shape index (κ2) is 3.46. The van der Waals surface area contributed by atoms with Gasteiger partial charge in [0.25, 0.3) is 0 Å². The lowest BCUT2D eigenvalue weighted by Gasteiger charge is -2.03. The number of fused-ring (bicyclic) bond motifs is 1. The summed E-state index contributed by atoms with van der Waals surface area (Å²) in [7, 11) is 0. The van der Waals surface area contributed by atoms with Crippen LogP contribution in [0.25, 0.3) is 10.9 Å². The lowest BCUT2D eigenvalue weighted by Crippen LogP contribution is -1.94. The predicted octanol–water partition coefficient (Wildman–Crippen LogP) is 2.75. The fraction of sp³-hybridized carbons (Fsp3) is 0.333. The van der Waals surface area contributed by atoms with E-state index in [1.807, 2.05) is 0 Å². The molecule has 2 aromatic rings. The summed E-state index contributed by atoms with van der Waals surface area (Å²) in [5.41, 5.74) is 9.23. The number of aromatic amines is 1. The maximum Gasteiger partial charge on any atom is 0.0456 e. The minimum absolute atomic E-state index is 0.575. The molecular formula is C12H16N2. The molecule has 0 saturated heterocycles. The van der Waals surface area contributed by atoms with Gasteiger partial charge in [-0.1, -0.05) is 19.9 Å². The first-order valence-electron chi connectivity index (χ1n) is 5.02. The number of nitrogens with one attached hydrogen (secondary N) is 1. The van der Waals surface area contributed by atoms with Crippen LogP contribution >= 0.6 is 0 Å². The molecule has 3 N–H and O–H groups in total. The van der Waals surface area contributed by atoms with Gasteiger partial charge < -0.3 is 10.7 Å². The van der Waals surface area contributed by atoms with E-state index in [1.54, 1.807) is 0 Å². The van der Waals surface area contributed by atoms with Gasteiger partial charge in [0.05, 0.1) is 0 Å². The molecule has 0 amide bonds. The molecule has 0 saturated carbocycles. The third kappa shape index (κ3) is 1.53. The summed E-state index contributed by atoms with van der Waals surface area (Å²) in [6.07, 6.45) is 0. The Hall–Kier alpha value is -1.28. The average Bonchev–Trinajstić information content (AvgIpc) is 2.58. The minimum atomic E-state index is 0.575. The van der Waals surface area contributed by atoms with E-state index in [0.29, 0.717) is 12.5 Å². The zero-order valence-electron chi connectivity index (χ0n) is 8.67. The topological polar surface area (TPSA) is 41.8 Å². The number of hydrogen-bond acceptors (Lipinski definition) is 1. The van der Waals surface area contributed by atoms with Gasteiger partial charge in [-0.05, 0) is 35.1 Å². The number of benzene rings is 1. The van der Waals surface area contributed by atoms with Crippen LogP contribution in [0.1, 0.15) is 31.0 Å². The third-order valence-electron chi connectivity index (χ3n) is 2.59. The van der Waals surface area contributed by atoms with Crippen LogP contribution in [-0.2, 0) is 6.54 Å². The lowest BCUT2D eigenvalue weighted by atomic mass is 10.0. The molecule has 0 atom stereocenters. The summed E-state index contributed by atoms with van der Waals surface area (Å²) in [6.45, 7) is 4.99. The van der Waals surface area contributed by atoms with Gasteiger partial charge in [-0.15, -0.1) is 0 Å². The molecule has 2 heteroatoms. The molecule has 1 aromatic carbocycles. The van der Waals surface area contributed by atoms with Crippen LogP contribution in [0.15, 0.2) is 24.3 Å². The summed E-state index contributed by atoms with van der Waals surface area (Å²) in [6, 6.07) is 8.66. The van der Waals surface area contributed by atoms with Crippen molar-refractivity contribution in [3.63, 3.8) is 0 Å². The van der Waals surface area contributed by atoms with Crippen LogP contribution in [0.4, 0.5) is 0 Å². The van der Waals surface area contributed by atoms with E-state index in [9.17, 15) is 0 Å². The standard InChI is InChI=1S/C12H16N2/c1-8(2)9-3-4-12-10(5-9)6-11(7-13)14-12/h3-6,8,14H,7,13H2,1-2H3. The first-order chi connectivity index (χ1) is 6.70. The summed E-state index contributed by atoms with van der Waals surface area (Å²) in [4.78, 5) is 3.29. The zero-order chi connectivity index (χ0) is 10.1. The number of hydrogen-bond donors (Lipinski definition) is 2. The molecular weight excluding hydrogens is 172 g/mol. The molecule has 2 rings (SSSR count). The van der Waals surface area contributed by atoms with E-state index < -0.39 is 0 Å². The van der Waals surface area contributed by atoms with Crippen molar-refractivity contribution in [3.05, 3.63) is 35.5 Å². The van der Waals surface area contributed by atoms with Gasteiger partial charge in [0.1, 0.15) is 0 Å². The van der Waals surface area contributed by atoms with E-state index in [2.05, 4.69) is 43.1 Å². The van der Waals surface area contributed by atoms with Crippen molar-refractivity contribution >= 4 is 10.9 Å². The Morgan fingerprint density at radius 1 is 1.29 bits per heavy atom. The summed E-state index contributed by atoms with van der Waals surface area (Å²) in [5.74, 6) is 0.579. The van der Waals surface area contributed by atoms with Crippen molar-refractivity contribution in [2.45, 2.75) is 26.3 Å². The molecule has 0 bridgehead atoms. The molecule has 0 aliphatic heterocycles. The van der Waals surface area contributed by atoms with E-state index >= 15 is 0 Å². The van der Waals surface area contributed by atoms with Crippen molar-refractivity contribution in [1.82, 2.24) is 4.98 Å². The minimum Gasteiger partial charge on any atom is -0.357 e. The van der Waals surface area contributed by atoms with Crippen molar-refractivity contribution < 1.29 is 0 Å². The number of rotatable bonds is 2. The zero-order valence-corrected chi connectivity index (χ0v) is 8.67. The largest absolute Gasteiger partial charge is 0.357 e. The van der Waals surface area contributed by atoms with Gasteiger partial charge in [-0.2, -0.15) is 0 Å². The van der Waals surface area contributed by atoms with Crippen LogP contribution in [0.3, 0.4) is 0 Å². The van der Waals surface area contributed by atoms with Gasteiger partial charge in [0.15, 0.2) is 0 Å². The Morgan fingerprint density at radius 2 is 2.07 bits per heavy atom. The van der Waals surface area contributed by atoms with E-state index in [-0.39, 0.29) is 0 Å².